The summed E-state index contributed by atoms with van der Waals surface area (Å²) in [6.07, 6.45) is 1.60. The second-order valence-corrected chi connectivity index (χ2v) is 4.24. The van der Waals surface area contributed by atoms with Gasteiger partial charge in [0.15, 0.2) is 5.82 Å². The maximum Gasteiger partial charge on any atom is 0.151 e. The topological polar surface area (TPSA) is 17.3 Å². The molecule has 1 aromatic carbocycles. The Bertz CT molecular complexity index is 612. The van der Waals surface area contributed by atoms with Crippen LogP contribution in [-0.2, 0) is 7.05 Å². The third kappa shape index (κ3) is 2.32. The molecule has 4 heteroatoms. The average Bonchev–Trinajstić information content (AvgIpc) is 2.56. The van der Waals surface area contributed by atoms with Gasteiger partial charge in [0.1, 0.15) is 5.82 Å². The summed E-state index contributed by atoms with van der Waals surface area (Å²) in [5.41, 5.74) is 3.23. The molecule has 18 heavy (non-hydrogen) atoms. The maximum atomic E-state index is 13.4. The minimum atomic E-state index is -0.656. The molecule has 0 saturated carbocycles. The number of hydrogen-bond donors (Lipinski definition) is 0. The lowest BCUT2D eigenvalue weighted by atomic mass is 10.2. The predicted octanol–water partition coefficient (Wildman–Crippen LogP) is 3.67. The van der Waals surface area contributed by atoms with Gasteiger partial charge in [0.2, 0.25) is 0 Å². The van der Waals surface area contributed by atoms with E-state index in [1.165, 1.54) is 12.1 Å². The molecule has 0 fully saturated rings. The number of rotatable bonds is 2. The molecule has 0 atom stereocenters. The van der Waals surface area contributed by atoms with E-state index in [0.717, 1.165) is 23.0 Å². The van der Waals surface area contributed by atoms with Crippen molar-refractivity contribution in [2.45, 2.75) is 13.8 Å². The van der Waals surface area contributed by atoms with E-state index < -0.39 is 11.6 Å². The van der Waals surface area contributed by atoms with E-state index in [-0.39, 0.29) is 5.69 Å². The second-order valence-electron chi connectivity index (χ2n) is 4.24. The lowest BCUT2D eigenvalue weighted by molar-refractivity contribution is 0.585. The van der Waals surface area contributed by atoms with Gasteiger partial charge in [0, 0.05) is 36.3 Å². The van der Waals surface area contributed by atoms with Gasteiger partial charge in [-0.05, 0) is 32.0 Å². The minimum Gasteiger partial charge on any atom is -0.352 e. The Morgan fingerprint density at radius 3 is 2.44 bits per heavy atom. The van der Waals surface area contributed by atoms with Crippen LogP contribution in [0.3, 0.4) is 0 Å². The van der Waals surface area contributed by atoms with Crippen LogP contribution in [0.4, 0.5) is 14.5 Å². The quantitative estimate of drug-likeness (QED) is 0.721. The molecular weight excluding hydrogens is 234 g/mol. The van der Waals surface area contributed by atoms with Crippen molar-refractivity contribution in [2.75, 3.05) is 0 Å². The minimum absolute atomic E-state index is 0.136. The first kappa shape index (κ1) is 12.5. The fourth-order valence-corrected chi connectivity index (χ4v) is 1.74. The summed E-state index contributed by atoms with van der Waals surface area (Å²) in [7, 11) is 1.96. The standard InChI is InChI=1S/C14H14F2N2/c1-9-6-11(10(2)18(9)3)8-17-14-5-4-12(15)7-13(14)16/h4-8H,1-3H3. The number of aromatic nitrogens is 1. The van der Waals surface area contributed by atoms with Crippen molar-refractivity contribution in [1.29, 1.82) is 0 Å². The van der Waals surface area contributed by atoms with Gasteiger partial charge in [-0.3, -0.25) is 4.99 Å². The highest BCUT2D eigenvalue weighted by molar-refractivity contribution is 5.83. The molecule has 0 unspecified atom stereocenters. The summed E-state index contributed by atoms with van der Waals surface area (Å²) in [6, 6.07) is 5.32. The third-order valence-electron chi connectivity index (χ3n) is 3.07. The van der Waals surface area contributed by atoms with Crippen molar-refractivity contribution in [3.63, 3.8) is 0 Å². The molecule has 0 bridgehead atoms. The van der Waals surface area contributed by atoms with Gasteiger partial charge in [-0.2, -0.15) is 0 Å². The lowest BCUT2D eigenvalue weighted by Gasteiger charge is -1.99. The van der Waals surface area contributed by atoms with E-state index in [0.29, 0.717) is 0 Å². The molecule has 94 valence electrons. The Morgan fingerprint density at radius 2 is 1.89 bits per heavy atom. The van der Waals surface area contributed by atoms with E-state index in [1.54, 1.807) is 6.21 Å². The van der Waals surface area contributed by atoms with E-state index in [2.05, 4.69) is 4.99 Å². The first-order valence-corrected chi connectivity index (χ1v) is 5.61. The van der Waals surface area contributed by atoms with Gasteiger partial charge < -0.3 is 4.57 Å². The molecule has 1 heterocycles. The first-order chi connectivity index (χ1) is 8.49. The molecule has 0 saturated heterocycles. The van der Waals surface area contributed by atoms with Crippen molar-refractivity contribution in [2.24, 2.45) is 12.0 Å². The second kappa shape index (κ2) is 4.72. The Hall–Kier alpha value is -1.97. The summed E-state index contributed by atoms with van der Waals surface area (Å²) in [5.74, 6) is -1.25. The van der Waals surface area contributed by atoms with Crippen LogP contribution in [0, 0.1) is 25.5 Å². The molecule has 0 aliphatic carbocycles. The number of aliphatic imine (C=N–C) groups is 1. The van der Waals surface area contributed by atoms with Gasteiger partial charge in [0.25, 0.3) is 0 Å². The van der Waals surface area contributed by atoms with Gasteiger partial charge in [0.05, 0.1) is 5.69 Å². The van der Waals surface area contributed by atoms with Crippen molar-refractivity contribution in [3.8, 4) is 0 Å². The van der Waals surface area contributed by atoms with E-state index >= 15 is 0 Å². The largest absolute Gasteiger partial charge is 0.352 e. The molecule has 2 aromatic rings. The average molecular weight is 248 g/mol. The smallest absolute Gasteiger partial charge is 0.151 e. The molecule has 0 aliphatic heterocycles. The van der Waals surface area contributed by atoms with Crippen molar-refractivity contribution in [3.05, 3.63) is 52.9 Å². The molecule has 2 nitrogen and oxygen atoms in total. The molecule has 0 aliphatic rings. The van der Waals surface area contributed by atoms with E-state index in [9.17, 15) is 8.78 Å². The van der Waals surface area contributed by atoms with Crippen LogP contribution in [0.1, 0.15) is 17.0 Å². The summed E-state index contributed by atoms with van der Waals surface area (Å²) < 4.78 is 28.1. The van der Waals surface area contributed by atoms with Crippen LogP contribution in [0.15, 0.2) is 29.3 Å². The maximum absolute atomic E-state index is 13.4. The van der Waals surface area contributed by atoms with Crippen LogP contribution in [0.2, 0.25) is 0 Å². The normalized spacial score (nSPS) is 11.4. The van der Waals surface area contributed by atoms with Crippen molar-refractivity contribution < 1.29 is 8.78 Å². The predicted molar refractivity (Wildman–Crippen MR) is 68.5 cm³/mol. The number of benzene rings is 1. The Balaban J connectivity index is 2.33. The first-order valence-electron chi connectivity index (χ1n) is 5.61. The zero-order valence-corrected chi connectivity index (χ0v) is 10.5. The highest BCUT2D eigenvalue weighted by atomic mass is 19.1. The fraction of sp³-hybridized carbons (Fsp3) is 0.214. The van der Waals surface area contributed by atoms with Crippen molar-refractivity contribution >= 4 is 11.9 Å². The van der Waals surface area contributed by atoms with E-state index in [1.807, 2.05) is 31.5 Å². The Morgan fingerprint density at radius 1 is 1.17 bits per heavy atom. The SMILES string of the molecule is Cc1cc(C=Nc2ccc(F)cc2F)c(C)n1C. The lowest BCUT2D eigenvalue weighted by Crippen LogP contribution is -1.93. The van der Waals surface area contributed by atoms with Crippen molar-refractivity contribution in [1.82, 2.24) is 4.57 Å². The Labute approximate surface area is 105 Å². The molecular formula is C14H14F2N2. The number of aryl methyl sites for hydroxylation is 1. The van der Waals surface area contributed by atoms with Crippen LogP contribution in [-0.4, -0.2) is 10.8 Å². The summed E-state index contributed by atoms with van der Waals surface area (Å²) in [4.78, 5) is 4.05. The van der Waals surface area contributed by atoms with Crippen LogP contribution in [0.25, 0.3) is 0 Å². The number of halogens is 2. The van der Waals surface area contributed by atoms with Crippen LogP contribution < -0.4 is 0 Å². The Kier molecular flexibility index (Phi) is 3.28. The highest BCUT2D eigenvalue weighted by Gasteiger charge is 2.05. The van der Waals surface area contributed by atoms with Crippen LogP contribution in [0.5, 0.6) is 0 Å². The summed E-state index contributed by atoms with van der Waals surface area (Å²) >= 11 is 0. The zero-order valence-electron chi connectivity index (χ0n) is 10.5. The fourth-order valence-electron chi connectivity index (χ4n) is 1.74. The molecule has 0 amide bonds. The molecule has 2 rings (SSSR count). The van der Waals surface area contributed by atoms with E-state index in [4.69, 9.17) is 0 Å². The van der Waals surface area contributed by atoms with Crippen LogP contribution >= 0.6 is 0 Å². The van der Waals surface area contributed by atoms with Gasteiger partial charge in [-0.1, -0.05) is 0 Å². The monoisotopic (exact) mass is 248 g/mol. The van der Waals surface area contributed by atoms with Gasteiger partial charge in [-0.15, -0.1) is 0 Å². The highest BCUT2D eigenvalue weighted by Crippen LogP contribution is 2.19. The summed E-state index contributed by atoms with van der Waals surface area (Å²) in [6.45, 7) is 3.96. The zero-order chi connectivity index (χ0) is 13.3. The molecule has 0 radical (unpaired) electrons. The summed E-state index contributed by atoms with van der Waals surface area (Å²) in [5, 5.41) is 0. The molecule has 0 N–H and O–H groups in total. The third-order valence-corrected chi connectivity index (χ3v) is 3.07. The molecule has 1 aromatic heterocycles. The molecule has 0 spiro atoms. The van der Waals surface area contributed by atoms with Gasteiger partial charge >= 0.3 is 0 Å². The van der Waals surface area contributed by atoms with Gasteiger partial charge in [-0.25, -0.2) is 8.78 Å². The number of hydrogen-bond acceptors (Lipinski definition) is 1. The number of nitrogens with zero attached hydrogens (tertiary/aromatic N) is 2.